The Kier molecular flexibility index (Phi) is 4.55. The zero-order chi connectivity index (χ0) is 19.6. The summed E-state index contributed by atoms with van der Waals surface area (Å²) in [5.74, 6) is 0.894. The number of aliphatic hydroxyl groups is 2. The molecule has 2 N–H and O–H groups in total. The molecule has 0 amide bonds. The molecule has 0 saturated heterocycles. The molecule has 4 nitrogen and oxygen atoms in total. The summed E-state index contributed by atoms with van der Waals surface area (Å²) in [6.45, 7) is 6.49. The maximum atomic E-state index is 12.3. The fourth-order valence-electron chi connectivity index (χ4n) is 7.78. The standard InChI is InChI=1S/C23H36O4/c1-14(20(25)27-4)23(26)12-9-19-17-6-5-15-13-16(24)7-10-21(15,2)18(17)8-11-22(19,23)3/h5,14,16-19,24,26H,6-13H2,1-4H3. The molecule has 0 radical (unpaired) electrons. The lowest BCUT2D eigenvalue weighted by Gasteiger charge is -2.59. The average Bonchev–Trinajstić information content (AvgIpc) is 2.93. The molecule has 0 aromatic rings. The topological polar surface area (TPSA) is 66.8 Å². The normalized spacial score (nSPS) is 50.1. The predicted molar refractivity (Wildman–Crippen MR) is 104 cm³/mol. The third-order valence-electron chi connectivity index (χ3n) is 9.56. The zero-order valence-electron chi connectivity index (χ0n) is 17.3. The molecule has 0 aliphatic heterocycles. The Balaban J connectivity index is 1.65. The second-order valence-electron chi connectivity index (χ2n) is 10.3. The number of fused-ring (bicyclic) bond motifs is 5. The zero-order valence-corrected chi connectivity index (χ0v) is 17.3. The highest BCUT2D eigenvalue weighted by atomic mass is 16.5. The molecule has 0 heterocycles. The Morgan fingerprint density at radius 1 is 1.19 bits per heavy atom. The van der Waals surface area contributed by atoms with Crippen LogP contribution in [-0.4, -0.2) is 35.0 Å². The van der Waals surface area contributed by atoms with Crippen LogP contribution in [0.1, 0.15) is 72.1 Å². The number of carbonyl (C=O) groups excluding carboxylic acids is 1. The van der Waals surface area contributed by atoms with Crippen molar-refractivity contribution in [3.05, 3.63) is 11.6 Å². The molecule has 4 heteroatoms. The van der Waals surface area contributed by atoms with E-state index in [9.17, 15) is 15.0 Å². The van der Waals surface area contributed by atoms with E-state index in [1.165, 1.54) is 12.7 Å². The average molecular weight is 377 g/mol. The molecule has 4 aliphatic carbocycles. The first-order valence-corrected chi connectivity index (χ1v) is 10.8. The molecular formula is C23H36O4. The van der Waals surface area contributed by atoms with Crippen LogP contribution in [-0.2, 0) is 9.53 Å². The van der Waals surface area contributed by atoms with Crippen LogP contribution in [0.5, 0.6) is 0 Å². The molecule has 3 fully saturated rings. The summed E-state index contributed by atoms with van der Waals surface area (Å²) in [5, 5.41) is 21.8. The summed E-state index contributed by atoms with van der Waals surface area (Å²) in [7, 11) is 1.42. The number of hydrogen-bond acceptors (Lipinski definition) is 4. The molecule has 4 aliphatic rings. The molecule has 8 unspecified atom stereocenters. The van der Waals surface area contributed by atoms with Gasteiger partial charge in [-0.2, -0.15) is 0 Å². The fourth-order valence-corrected chi connectivity index (χ4v) is 7.78. The number of carbonyl (C=O) groups is 1. The van der Waals surface area contributed by atoms with E-state index in [-0.39, 0.29) is 22.9 Å². The van der Waals surface area contributed by atoms with Crippen LogP contribution in [0.15, 0.2) is 11.6 Å². The van der Waals surface area contributed by atoms with Crippen molar-refractivity contribution in [3.63, 3.8) is 0 Å². The smallest absolute Gasteiger partial charge is 0.311 e. The van der Waals surface area contributed by atoms with Crippen LogP contribution in [0, 0.1) is 34.5 Å². The van der Waals surface area contributed by atoms with E-state index in [1.54, 1.807) is 0 Å². The Bertz CT molecular complexity index is 657. The van der Waals surface area contributed by atoms with Crippen LogP contribution < -0.4 is 0 Å². The van der Waals surface area contributed by atoms with Crippen molar-refractivity contribution in [2.45, 2.75) is 83.8 Å². The van der Waals surface area contributed by atoms with E-state index < -0.39 is 11.5 Å². The van der Waals surface area contributed by atoms with Gasteiger partial charge in [-0.1, -0.05) is 25.5 Å². The molecule has 3 saturated carbocycles. The lowest BCUT2D eigenvalue weighted by Crippen LogP contribution is -2.57. The van der Waals surface area contributed by atoms with Gasteiger partial charge >= 0.3 is 5.97 Å². The number of aliphatic hydroxyl groups excluding tert-OH is 1. The van der Waals surface area contributed by atoms with Crippen LogP contribution in [0.4, 0.5) is 0 Å². The van der Waals surface area contributed by atoms with Gasteiger partial charge in [-0.3, -0.25) is 4.79 Å². The lowest BCUT2D eigenvalue weighted by molar-refractivity contribution is -0.177. The SMILES string of the molecule is COC(=O)C(C)C1(O)CCC2C3CC=C4CC(O)CCC4(C)C3CCC21C. The third kappa shape index (κ3) is 2.51. The van der Waals surface area contributed by atoms with Crippen molar-refractivity contribution < 1.29 is 19.7 Å². The fraction of sp³-hybridized carbons (Fsp3) is 0.870. The summed E-state index contributed by atoms with van der Waals surface area (Å²) in [5.41, 5.74) is 0.487. The van der Waals surface area contributed by atoms with E-state index >= 15 is 0 Å². The second kappa shape index (κ2) is 6.32. The summed E-state index contributed by atoms with van der Waals surface area (Å²) in [4.78, 5) is 12.3. The molecule has 0 spiro atoms. The van der Waals surface area contributed by atoms with Gasteiger partial charge in [0.15, 0.2) is 0 Å². The number of hydrogen-bond donors (Lipinski definition) is 2. The molecule has 152 valence electrons. The maximum Gasteiger partial charge on any atom is 0.311 e. The first-order valence-electron chi connectivity index (χ1n) is 10.8. The van der Waals surface area contributed by atoms with E-state index in [4.69, 9.17) is 4.74 Å². The van der Waals surface area contributed by atoms with Crippen molar-refractivity contribution in [3.8, 4) is 0 Å². The molecule has 4 rings (SSSR count). The van der Waals surface area contributed by atoms with E-state index in [2.05, 4.69) is 19.9 Å². The predicted octanol–water partition coefficient (Wildman–Crippen LogP) is 3.85. The van der Waals surface area contributed by atoms with Gasteiger partial charge in [-0.05, 0) is 81.5 Å². The van der Waals surface area contributed by atoms with Crippen LogP contribution in [0.2, 0.25) is 0 Å². The number of ether oxygens (including phenoxy) is 1. The van der Waals surface area contributed by atoms with Gasteiger partial charge in [0, 0.05) is 5.41 Å². The molecule has 0 aromatic heterocycles. The molecule has 0 aromatic carbocycles. The van der Waals surface area contributed by atoms with Gasteiger partial charge < -0.3 is 14.9 Å². The summed E-state index contributed by atoms with van der Waals surface area (Å²) in [6, 6.07) is 0. The Labute approximate surface area is 163 Å². The minimum atomic E-state index is -0.969. The van der Waals surface area contributed by atoms with E-state index in [0.717, 1.165) is 44.9 Å². The number of rotatable bonds is 2. The van der Waals surface area contributed by atoms with Crippen molar-refractivity contribution in [2.24, 2.45) is 34.5 Å². The number of allylic oxidation sites excluding steroid dienone is 1. The first kappa shape index (κ1) is 19.4. The minimum Gasteiger partial charge on any atom is -0.469 e. The van der Waals surface area contributed by atoms with Gasteiger partial charge in [0.05, 0.1) is 24.7 Å². The highest BCUT2D eigenvalue weighted by Crippen LogP contribution is 2.68. The van der Waals surface area contributed by atoms with Crippen LogP contribution >= 0.6 is 0 Å². The van der Waals surface area contributed by atoms with Crippen molar-refractivity contribution in [1.82, 2.24) is 0 Å². The summed E-state index contributed by atoms with van der Waals surface area (Å²) >= 11 is 0. The molecule has 8 atom stereocenters. The molecule has 27 heavy (non-hydrogen) atoms. The monoisotopic (exact) mass is 376 g/mol. The van der Waals surface area contributed by atoms with Gasteiger partial charge in [-0.25, -0.2) is 0 Å². The van der Waals surface area contributed by atoms with Crippen LogP contribution in [0.25, 0.3) is 0 Å². The highest BCUT2D eigenvalue weighted by molar-refractivity contribution is 5.73. The Morgan fingerprint density at radius 3 is 2.59 bits per heavy atom. The number of methoxy groups -OCH3 is 1. The molecule has 0 bridgehead atoms. The van der Waals surface area contributed by atoms with Crippen molar-refractivity contribution >= 4 is 5.97 Å². The van der Waals surface area contributed by atoms with Gasteiger partial charge in [-0.15, -0.1) is 0 Å². The van der Waals surface area contributed by atoms with Gasteiger partial charge in [0.2, 0.25) is 0 Å². The maximum absolute atomic E-state index is 12.3. The Hall–Kier alpha value is -0.870. The second-order valence-corrected chi connectivity index (χ2v) is 10.3. The summed E-state index contributed by atoms with van der Waals surface area (Å²) in [6.07, 6.45) is 9.89. The van der Waals surface area contributed by atoms with Crippen LogP contribution in [0.3, 0.4) is 0 Å². The Morgan fingerprint density at radius 2 is 1.89 bits per heavy atom. The largest absolute Gasteiger partial charge is 0.469 e. The lowest BCUT2D eigenvalue weighted by atomic mass is 9.46. The summed E-state index contributed by atoms with van der Waals surface area (Å²) < 4.78 is 4.99. The highest BCUT2D eigenvalue weighted by Gasteiger charge is 2.66. The van der Waals surface area contributed by atoms with E-state index in [0.29, 0.717) is 24.2 Å². The molecular weight excluding hydrogens is 340 g/mol. The van der Waals surface area contributed by atoms with Gasteiger partial charge in [0.1, 0.15) is 0 Å². The number of esters is 1. The quantitative estimate of drug-likeness (QED) is 0.567. The van der Waals surface area contributed by atoms with Gasteiger partial charge in [0.25, 0.3) is 0 Å². The third-order valence-corrected chi connectivity index (χ3v) is 9.56. The van der Waals surface area contributed by atoms with Crippen molar-refractivity contribution in [1.29, 1.82) is 0 Å². The first-order chi connectivity index (χ1) is 12.7. The minimum absolute atomic E-state index is 0.174. The van der Waals surface area contributed by atoms with Crippen molar-refractivity contribution in [2.75, 3.05) is 7.11 Å². The van der Waals surface area contributed by atoms with E-state index in [1.807, 2.05) is 6.92 Å².